The summed E-state index contributed by atoms with van der Waals surface area (Å²) in [5.74, 6) is 2.53. The van der Waals surface area contributed by atoms with Crippen LogP contribution < -0.4 is 10.6 Å². The number of nitrogens with one attached hydrogen (secondary N) is 3. The van der Waals surface area contributed by atoms with Crippen LogP contribution in [0.2, 0.25) is 10.0 Å². The second-order valence-corrected chi connectivity index (χ2v) is 8.28. The highest BCUT2D eigenvalue weighted by Crippen LogP contribution is 2.28. The van der Waals surface area contributed by atoms with Crippen LogP contribution in [0.5, 0.6) is 0 Å². The van der Waals surface area contributed by atoms with Gasteiger partial charge in [0.1, 0.15) is 5.82 Å². The van der Waals surface area contributed by atoms with E-state index in [1.165, 1.54) is 25.9 Å². The molecule has 0 atom stereocenters. The van der Waals surface area contributed by atoms with Crippen molar-refractivity contribution in [2.45, 2.75) is 26.7 Å². The Kier molecular flexibility index (Phi) is 6.08. The quantitative estimate of drug-likeness (QED) is 0.514. The molecule has 1 saturated heterocycles. The number of aromatic amines is 1. The summed E-state index contributed by atoms with van der Waals surface area (Å²) in [5.41, 5.74) is 2.41. The molecule has 0 bridgehead atoms. The third-order valence-corrected chi connectivity index (χ3v) is 6.06. The van der Waals surface area contributed by atoms with E-state index >= 15 is 0 Å². The Balaban J connectivity index is 1.43. The van der Waals surface area contributed by atoms with Gasteiger partial charge in [-0.3, -0.25) is 5.32 Å². The molecule has 3 N–H and O–H groups in total. The maximum Gasteiger partial charge on any atom is 0.231 e. The molecule has 9 heteroatoms. The number of hydrogen-bond donors (Lipinski definition) is 3. The summed E-state index contributed by atoms with van der Waals surface area (Å²) in [6, 6.07) is 5.45. The smallest absolute Gasteiger partial charge is 0.231 e. The summed E-state index contributed by atoms with van der Waals surface area (Å²) in [4.78, 5) is 19.2. The standard InChI is InChI=1S/C20H25Cl2N7/c1-3-29-6-4-13(5-7-29)11-23-18-8-12(2)24-19(27-18)28-20-25-16-9-14(21)15(22)10-17(16)26-20/h8-10,13H,3-7,11H2,1-2H3,(H3,23,24,25,26,27,28). The van der Waals surface area contributed by atoms with E-state index in [4.69, 9.17) is 23.2 Å². The van der Waals surface area contributed by atoms with Crippen LogP contribution in [0, 0.1) is 12.8 Å². The first-order chi connectivity index (χ1) is 14.0. The van der Waals surface area contributed by atoms with Crippen LogP contribution in [-0.2, 0) is 0 Å². The van der Waals surface area contributed by atoms with Crippen molar-refractivity contribution in [2.75, 3.05) is 36.8 Å². The number of fused-ring (bicyclic) bond motifs is 1. The summed E-state index contributed by atoms with van der Waals surface area (Å²) >= 11 is 12.1. The van der Waals surface area contributed by atoms with Gasteiger partial charge in [0.15, 0.2) is 0 Å². The second kappa shape index (κ2) is 8.73. The summed E-state index contributed by atoms with van der Waals surface area (Å²) in [6.45, 7) is 8.60. The van der Waals surface area contributed by atoms with Gasteiger partial charge in [0.25, 0.3) is 0 Å². The lowest BCUT2D eigenvalue weighted by atomic mass is 9.97. The van der Waals surface area contributed by atoms with Gasteiger partial charge in [0, 0.05) is 18.3 Å². The lowest BCUT2D eigenvalue weighted by molar-refractivity contribution is 0.198. The molecule has 3 aromatic rings. The van der Waals surface area contributed by atoms with E-state index in [1.54, 1.807) is 12.1 Å². The Hall–Kier alpha value is -2.09. The summed E-state index contributed by atoms with van der Waals surface area (Å²) in [5, 5.41) is 7.58. The van der Waals surface area contributed by atoms with E-state index in [1.807, 2.05) is 13.0 Å². The lowest BCUT2D eigenvalue weighted by Gasteiger charge is -2.31. The molecule has 0 aliphatic carbocycles. The molecule has 2 aromatic heterocycles. The van der Waals surface area contributed by atoms with Crippen molar-refractivity contribution in [3.63, 3.8) is 0 Å². The van der Waals surface area contributed by atoms with Gasteiger partial charge in [-0.1, -0.05) is 30.1 Å². The highest BCUT2D eigenvalue weighted by Gasteiger charge is 2.18. The first-order valence-corrected chi connectivity index (χ1v) is 10.7. The van der Waals surface area contributed by atoms with Crippen LogP contribution in [0.15, 0.2) is 18.2 Å². The molecule has 1 aliphatic rings. The van der Waals surface area contributed by atoms with Gasteiger partial charge in [0.05, 0.1) is 21.1 Å². The number of H-pyrrole nitrogens is 1. The summed E-state index contributed by atoms with van der Waals surface area (Å²) < 4.78 is 0. The fraction of sp³-hybridized carbons (Fsp3) is 0.450. The Morgan fingerprint density at radius 2 is 1.86 bits per heavy atom. The largest absolute Gasteiger partial charge is 0.370 e. The van der Waals surface area contributed by atoms with E-state index in [0.29, 0.717) is 27.9 Å². The zero-order valence-corrected chi connectivity index (χ0v) is 18.1. The van der Waals surface area contributed by atoms with Gasteiger partial charge in [-0.15, -0.1) is 0 Å². The molecule has 1 aromatic carbocycles. The molecule has 29 heavy (non-hydrogen) atoms. The van der Waals surface area contributed by atoms with Gasteiger partial charge in [-0.05, 0) is 57.5 Å². The highest BCUT2D eigenvalue weighted by atomic mass is 35.5. The molecule has 0 saturated carbocycles. The Bertz CT molecular complexity index is 957. The average Bonchev–Trinajstić information content (AvgIpc) is 3.07. The molecule has 0 unspecified atom stereocenters. The highest BCUT2D eigenvalue weighted by molar-refractivity contribution is 6.42. The number of hydrogen-bond acceptors (Lipinski definition) is 6. The van der Waals surface area contributed by atoms with Crippen LogP contribution in [0.1, 0.15) is 25.5 Å². The van der Waals surface area contributed by atoms with Crippen molar-refractivity contribution in [3.05, 3.63) is 33.9 Å². The first kappa shape index (κ1) is 20.2. The van der Waals surface area contributed by atoms with Crippen molar-refractivity contribution in [1.82, 2.24) is 24.8 Å². The second-order valence-electron chi connectivity index (χ2n) is 7.47. The third-order valence-electron chi connectivity index (χ3n) is 5.33. The monoisotopic (exact) mass is 433 g/mol. The maximum atomic E-state index is 6.08. The van der Waals surface area contributed by atoms with Crippen LogP contribution in [0.4, 0.5) is 17.7 Å². The first-order valence-electron chi connectivity index (χ1n) is 9.94. The minimum atomic E-state index is 0.472. The van der Waals surface area contributed by atoms with Gasteiger partial charge in [0.2, 0.25) is 11.9 Å². The van der Waals surface area contributed by atoms with Gasteiger partial charge in [-0.2, -0.15) is 4.98 Å². The Morgan fingerprint density at radius 3 is 2.62 bits per heavy atom. The van der Waals surface area contributed by atoms with Crippen LogP contribution in [-0.4, -0.2) is 51.0 Å². The zero-order chi connectivity index (χ0) is 20.4. The molecular weight excluding hydrogens is 409 g/mol. The van der Waals surface area contributed by atoms with E-state index in [9.17, 15) is 0 Å². The number of benzene rings is 1. The van der Waals surface area contributed by atoms with Crippen LogP contribution in [0.25, 0.3) is 11.0 Å². The normalized spacial score (nSPS) is 15.7. The summed E-state index contributed by atoms with van der Waals surface area (Å²) in [7, 11) is 0. The van der Waals surface area contributed by atoms with Gasteiger partial charge < -0.3 is 15.2 Å². The Labute approximate surface area is 180 Å². The van der Waals surface area contributed by atoms with E-state index in [2.05, 4.69) is 42.4 Å². The topological polar surface area (TPSA) is 81.8 Å². The predicted molar refractivity (Wildman–Crippen MR) is 119 cm³/mol. The molecule has 1 aliphatic heterocycles. The number of aromatic nitrogens is 4. The number of rotatable bonds is 6. The van der Waals surface area contributed by atoms with Crippen molar-refractivity contribution in [2.24, 2.45) is 5.92 Å². The van der Waals surface area contributed by atoms with E-state index in [0.717, 1.165) is 35.6 Å². The van der Waals surface area contributed by atoms with Crippen LogP contribution in [0.3, 0.4) is 0 Å². The lowest BCUT2D eigenvalue weighted by Crippen LogP contribution is -2.35. The minimum Gasteiger partial charge on any atom is -0.370 e. The van der Waals surface area contributed by atoms with E-state index in [-0.39, 0.29) is 0 Å². The predicted octanol–water partition coefficient (Wildman–Crippen LogP) is 4.86. The van der Waals surface area contributed by atoms with Crippen LogP contribution >= 0.6 is 23.2 Å². The number of likely N-dealkylation sites (tertiary alicyclic amines) is 1. The third kappa shape index (κ3) is 4.91. The molecule has 1 fully saturated rings. The zero-order valence-electron chi connectivity index (χ0n) is 16.6. The molecule has 3 heterocycles. The summed E-state index contributed by atoms with van der Waals surface area (Å²) in [6.07, 6.45) is 2.44. The molecule has 0 spiro atoms. The van der Waals surface area contributed by atoms with Crippen molar-refractivity contribution in [3.8, 4) is 0 Å². The average molecular weight is 434 g/mol. The van der Waals surface area contributed by atoms with Gasteiger partial charge in [-0.25, -0.2) is 9.97 Å². The SMILES string of the molecule is CCN1CCC(CNc2cc(C)nc(Nc3nc4cc(Cl)c(Cl)cc4[nH]3)n2)CC1. The minimum absolute atomic E-state index is 0.472. The molecule has 7 nitrogen and oxygen atoms in total. The molecular formula is C20H25Cl2N7. The van der Waals surface area contributed by atoms with E-state index < -0.39 is 0 Å². The molecule has 0 amide bonds. The number of imidazole rings is 1. The number of piperidine rings is 1. The number of aryl methyl sites for hydroxylation is 1. The number of anilines is 3. The molecule has 154 valence electrons. The molecule has 4 rings (SSSR count). The van der Waals surface area contributed by atoms with Gasteiger partial charge >= 0.3 is 0 Å². The fourth-order valence-electron chi connectivity index (χ4n) is 3.64. The van der Waals surface area contributed by atoms with Crippen molar-refractivity contribution >= 4 is 51.9 Å². The Morgan fingerprint density at radius 1 is 1.10 bits per heavy atom. The molecule has 0 radical (unpaired) electrons. The number of halogens is 2. The van der Waals surface area contributed by atoms with Crippen molar-refractivity contribution < 1.29 is 0 Å². The maximum absolute atomic E-state index is 6.08. The number of nitrogens with zero attached hydrogens (tertiary/aromatic N) is 4. The fourth-order valence-corrected chi connectivity index (χ4v) is 3.96. The van der Waals surface area contributed by atoms with Crippen molar-refractivity contribution in [1.29, 1.82) is 0 Å².